The SMILES string of the molecule is CC[C@@H](N)C(=O)NCC(C)CC(=O)O. The monoisotopic (exact) mass is 202 g/mol. The van der Waals surface area contributed by atoms with E-state index in [1.165, 1.54) is 0 Å². The molecule has 82 valence electrons. The normalized spacial score (nSPS) is 14.5. The maximum Gasteiger partial charge on any atom is 0.303 e. The number of carboxylic acids is 1. The zero-order chi connectivity index (χ0) is 11.1. The van der Waals surface area contributed by atoms with Crippen LogP contribution in [0.2, 0.25) is 0 Å². The van der Waals surface area contributed by atoms with Gasteiger partial charge in [-0.2, -0.15) is 0 Å². The molecule has 1 amide bonds. The summed E-state index contributed by atoms with van der Waals surface area (Å²) in [4.78, 5) is 21.5. The van der Waals surface area contributed by atoms with Gasteiger partial charge in [-0.05, 0) is 12.3 Å². The van der Waals surface area contributed by atoms with Crippen molar-refractivity contribution in [1.82, 2.24) is 5.32 Å². The van der Waals surface area contributed by atoms with Crippen molar-refractivity contribution in [1.29, 1.82) is 0 Å². The quantitative estimate of drug-likeness (QED) is 0.563. The Bertz CT molecular complexity index is 206. The Labute approximate surface area is 83.7 Å². The smallest absolute Gasteiger partial charge is 0.303 e. The Morgan fingerprint density at radius 2 is 2.07 bits per heavy atom. The molecule has 0 bridgehead atoms. The molecule has 0 radical (unpaired) electrons. The predicted octanol–water partition coefficient (Wildman–Crippen LogP) is -0.0493. The number of carboxylic acid groups (broad SMARTS) is 1. The number of nitrogens with one attached hydrogen (secondary N) is 1. The molecule has 0 spiro atoms. The minimum absolute atomic E-state index is 0.0572. The molecule has 0 aromatic heterocycles. The molecule has 5 nitrogen and oxygen atoms in total. The molecule has 0 aromatic carbocycles. The van der Waals surface area contributed by atoms with Gasteiger partial charge in [0.2, 0.25) is 5.91 Å². The van der Waals surface area contributed by atoms with E-state index in [0.717, 1.165) is 0 Å². The highest BCUT2D eigenvalue weighted by molar-refractivity contribution is 5.81. The summed E-state index contributed by atoms with van der Waals surface area (Å²) in [7, 11) is 0. The van der Waals surface area contributed by atoms with Crippen LogP contribution in [0.5, 0.6) is 0 Å². The zero-order valence-electron chi connectivity index (χ0n) is 8.62. The second kappa shape index (κ2) is 6.37. The van der Waals surface area contributed by atoms with Crippen LogP contribution < -0.4 is 11.1 Å². The Morgan fingerprint density at radius 1 is 1.50 bits per heavy atom. The summed E-state index contributed by atoms with van der Waals surface area (Å²) >= 11 is 0. The van der Waals surface area contributed by atoms with E-state index in [1.807, 2.05) is 6.92 Å². The molecule has 0 aromatic rings. The number of carbonyl (C=O) groups is 2. The van der Waals surface area contributed by atoms with Gasteiger partial charge in [-0.3, -0.25) is 9.59 Å². The van der Waals surface area contributed by atoms with E-state index in [9.17, 15) is 9.59 Å². The van der Waals surface area contributed by atoms with Crippen LogP contribution in [0.1, 0.15) is 26.7 Å². The number of hydrogen-bond acceptors (Lipinski definition) is 3. The fourth-order valence-corrected chi connectivity index (χ4v) is 0.962. The standard InChI is InChI=1S/C9H18N2O3/c1-3-7(10)9(14)11-5-6(2)4-8(12)13/h6-7H,3-5,10H2,1-2H3,(H,11,14)(H,12,13)/t6?,7-/m1/s1. The fourth-order valence-electron chi connectivity index (χ4n) is 0.962. The number of rotatable bonds is 6. The average molecular weight is 202 g/mol. The Kier molecular flexibility index (Phi) is 5.87. The van der Waals surface area contributed by atoms with E-state index in [2.05, 4.69) is 5.32 Å². The molecule has 14 heavy (non-hydrogen) atoms. The topological polar surface area (TPSA) is 92.4 Å². The minimum Gasteiger partial charge on any atom is -0.481 e. The maximum absolute atomic E-state index is 11.2. The van der Waals surface area contributed by atoms with Gasteiger partial charge in [0.05, 0.1) is 6.04 Å². The van der Waals surface area contributed by atoms with E-state index >= 15 is 0 Å². The van der Waals surface area contributed by atoms with Crippen molar-refractivity contribution in [3.63, 3.8) is 0 Å². The van der Waals surface area contributed by atoms with Crippen molar-refractivity contribution in [2.75, 3.05) is 6.54 Å². The second-order valence-electron chi connectivity index (χ2n) is 3.46. The summed E-state index contributed by atoms with van der Waals surface area (Å²) < 4.78 is 0. The molecule has 0 fully saturated rings. The van der Waals surface area contributed by atoms with Gasteiger partial charge in [0.15, 0.2) is 0 Å². The van der Waals surface area contributed by atoms with E-state index in [-0.39, 0.29) is 18.2 Å². The van der Waals surface area contributed by atoms with Gasteiger partial charge in [0.1, 0.15) is 0 Å². The molecule has 1 unspecified atom stereocenters. The van der Waals surface area contributed by atoms with Crippen molar-refractivity contribution in [2.24, 2.45) is 11.7 Å². The molecule has 5 heteroatoms. The zero-order valence-corrected chi connectivity index (χ0v) is 8.62. The van der Waals surface area contributed by atoms with Crippen LogP contribution in [0.4, 0.5) is 0 Å². The van der Waals surface area contributed by atoms with E-state index in [0.29, 0.717) is 13.0 Å². The fraction of sp³-hybridized carbons (Fsp3) is 0.778. The average Bonchev–Trinajstić information content (AvgIpc) is 2.11. The van der Waals surface area contributed by atoms with Crippen LogP contribution >= 0.6 is 0 Å². The van der Waals surface area contributed by atoms with Gasteiger partial charge >= 0.3 is 5.97 Å². The maximum atomic E-state index is 11.2. The van der Waals surface area contributed by atoms with Crippen molar-refractivity contribution < 1.29 is 14.7 Å². The third kappa shape index (κ3) is 5.53. The lowest BCUT2D eigenvalue weighted by Gasteiger charge is -2.13. The van der Waals surface area contributed by atoms with E-state index in [4.69, 9.17) is 10.8 Å². The molecular formula is C9H18N2O3. The summed E-state index contributed by atoms with van der Waals surface area (Å²) in [5, 5.41) is 11.1. The number of nitrogens with two attached hydrogens (primary N) is 1. The highest BCUT2D eigenvalue weighted by Gasteiger charge is 2.13. The molecule has 0 saturated heterocycles. The van der Waals surface area contributed by atoms with Crippen LogP contribution in [0.3, 0.4) is 0 Å². The van der Waals surface area contributed by atoms with Gasteiger partial charge < -0.3 is 16.2 Å². The Hall–Kier alpha value is -1.10. The van der Waals surface area contributed by atoms with Crippen molar-refractivity contribution in [3.8, 4) is 0 Å². The first-order valence-corrected chi connectivity index (χ1v) is 4.72. The molecule has 0 aliphatic carbocycles. The molecule has 4 N–H and O–H groups in total. The van der Waals surface area contributed by atoms with E-state index < -0.39 is 12.0 Å². The predicted molar refractivity (Wildman–Crippen MR) is 52.7 cm³/mol. The molecule has 0 rings (SSSR count). The van der Waals surface area contributed by atoms with Crippen LogP contribution in [-0.4, -0.2) is 29.6 Å². The summed E-state index contributed by atoms with van der Waals surface area (Å²) in [6, 6.07) is -0.493. The minimum atomic E-state index is -0.855. The first-order chi connectivity index (χ1) is 6.47. The molecule has 0 aliphatic rings. The summed E-state index contributed by atoms with van der Waals surface area (Å²) in [6.07, 6.45) is 0.640. The van der Waals surface area contributed by atoms with Crippen molar-refractivity contribution >= 4 is 11.9 Å². The second-order valence-corrected chi connectivity index (χ2v) is 3.46. The van der Waals surface area contributed by atoms with Crippen LogP contribution in [0.15, 0.2) is 0 Å². The largest absolute Gasteiger partial charge is 0.481 e. The number of amides is 1. The summed E-state index contributed by atoms with van der Waals surface area (Å²) in [6.45, 7) is 3.95. The van der Waals surface area contributed by atoms with E-state index in [1.54, 1.807) is 6.92 Å². The lowest BCUT2D eigenvalue weighted by molar-refractivity contribution is -0.138. The first kappa shape index (κ1) is 12.9. The lowest BCUT2D eigenvalue weighted by Crippen LogP contribution is -2.41. The lowest BCUT2D eigenvalue weighted by atomic mass is 10.1. The van der Waals surface area contributed by atoms with Crippen LogP contribution in [0.25, 0.3) is 0 Å². The Balaban J connectivity index is 3.71. The third-order valence-corrected chi connectivity index (χ3v) is 1.92. The molecule has 2 atom stereocenters. The van der Waals surface area contributed by atoms with Crippen molar-refractivity contribution in [3.05, 3.63) is 0 Å². The molecular weight excluding hydrogens is 184 g/mol. The third-order valence-electron chi connectivity index (χ3n) is 1.92. The highest BCUT2D eigenvalue weighted by atomic mass is 16.4. The van der Waals surface area contributed by atoms with Crippen molar-refractivity contribution in [2.45, 2.75) is 32.7 Å². The van der Waals surface area contributed by atoms with Gasteiger partial charge in [0, 0.05) is 13.0 Å². The molecule has 0 saturated carbocycles. The summed E-state index contributed by atoms with van der Waals surface area (Å²) in [5.41, 5.74) is 5.48. The number of carbonyl (C=O) groups excluding carboxylic acids is 1. The molecule has 0 aliphatic heterocycles. The van der Waals surface area contributed by atoms with Gasteiger partial charge in [-0.1, -0.05) is 13.8 Å². The first-order valence-electron chi connectivity index (χ1n) is 4.72. The van der Waals surface area contributed by atoms with Gasteiger partial charge in [0.25, 0.3) is 0 Å². The Morgan fingerprint density at radius 3 is 2.50 bits per heavy atom. The van der Waals surface area contributed by atoms with Crippen LogP contribution in [-0.2, 0) is 9.59 Å². The molecule has 0 heterocycles. The number of hydrogen-bond donors (Lipinski definition) is 3. The van der Waals surface area contributed by atoms with Gasteiger partial charge in [-0.15, -0.1) is 0 Å². The summed E-state index contributed by atoms with van der Waals surface area (Å²) in [5.74, 6) is -1.14. The highest BCUT2D eigenvalue weighted by Crippen LogP contribution is 1.99. The van der Waals surface area contributed by atoms with Crippen LogP contribution in [0, 0.1) is 5.92 Å². The van der Waals surface area contributed by atoms with Gasteiger partial charge in [-0.25, -0.2) is 0 Å². The number of aliphatic carboxylic acids is 1.